The van der Waals surface area contributed by atoms with Crippen LogP contribution in [0.2, 0.25) is 0 Å². The molecule has 5 heteroatoms. The Morgan fingerprint density at radius 2 is 2.16 bits per heavy atom. The van der Waals surface area contributed by atoms with Gasteiger partial charge in [-0.1, -0.05) is 19.8 Å². The molecule has 0 aromatic heterocycles. The van der Waals surface area contributed by atoms with Crippen LogP contribution in [-0.2, 0) is 0 Å². The van der Waals surface area contributed by atoms with Crippen molar-refractivity contribution in [1.82, 2.24) is 0 Å². The molecule has 2 rings (SSSR count). The molecule has 1 aromatic rings. The van der Waals surface area contributed by atoms with E-state index in [4.69, 9.17) is 5.26 Å². The smallest absolute Gasteiger partial charge is 0.270 e. The Bertz CT molecular complexity index is 522. The van der Waals surface area contributed by atoms with Crippen LogP contribution in [0, 0.1) is 27.4 Å². The topological polar surface area (TPSA) is 79.0 Å². The summed E-state index contributed by atoms with van der Waals surface area (Å²) in [6.07, 6.45) is 4.72. The van der Waals surface area contributed by atoms with Gasteiger partial charge in [0.1, 0.15) is 6.07 Å². The second-order valence-electron chi connectivity index (χ2n) is 5.11. The van der Waals surface area contributed by atoms with Gasteiger partial charge in [0.25, 0.3) is 5.69 Å². The lowest BCUT2D eigenvalue weighted by Crippen LogP contribution is -2.30. The first-order valence-corrected chi connectivity index (χ1v) is 6.57. The van der Waals surface area contributed by atoms with Crippen LogP contribution in [0.15, 0.2) is 18.2 Å². The summed E-state index contributed by atoms with van der Waals surface area (Å²) in [5.74, 6) is 0.565. The van der Waals surface area contributed by atoms with Gasteiger partial charge in [0.05, 0.1) is 16.2 Å². The van der Waals surface area contributed by atoms with E-state index < -0.39 is 4.92 Å². The summed E-state index contributed by atoms with van der Waals surface area (Å²) in [5.41, 5.74) is 0.998. The summed E-state index contributed by atoms with van der Waals surface area (Å²) < 4.78 is 0. The molecule has 0 aliphatic heterocycles. The van der Waals surface area contributed by atoms with Gasteiger partial charge in [-0.05, 0) is 24.8 Å². The maximum atomic E-state index is 10.7. The van der Waals surface area contributed by atoms with E-state index in [2.05, 4.69) is 12.2 Å². The van der Waals surface area contributed by atoms with Crippen molar-refractivity contribution in [2.24, 2.45) is 5.92 Å². The van der Waals surface area contributed by atoms with Crippen LogP contribution in [-0.4, -0.2) is 11.0 Å². The number of non-ortho nitro benzene ring substituents is 1. The molecule has 0 saturated heterocycles. The molecule has 0 amide bonds. The van der Waals surface area contributed by atoms with Crippen molar-refractivity contribution in [2.75, 3.05) is 5.32 Å². The molecule has 1 aromatic carbocycles. The summed E-state index contributed by atoms with van der Waals surface area (Å²) in [4.78, 5) is 10.2. The lowest BCUT2D eigenvalue weighted by Gasteiger charge is -2.30. The maximum Gasteiger partial charge on any atom is 0.270 e. The summed E-state index contributed by atoms with van der Waals surface area (Å²) >= 11 is 0. The number of nitrogens with zero attached hydrogens (tertiary/aromatic N) is 2. The molecule has 100 valence electrons. The molecular formula is C14H17N3O2. The normalized spacial score (nSPS) is 22.5. The van der Waals surface area contributed by atoms with Crippen LogP contribution in [0.3, 0.4) is 0 Å². The first-order chi connectivity index (χ1) is 9.11. The Hall–Kier alpha value is -2.09. The number of rotatable bonds is 3. The van der Waals surface area contributed by atoms with E-state index in [0.717, 1.165) is 6.42 Å². The monoisotopic (exact) mass is 259 g/mol. The third-order valence-electron chi connectivity index (χ3n) is 3.79. The highest BCUT2D eigenvalue weighted by atomic mass is 16.6. The summed E-state index contributed by atoms with van der Waals surface area (Å²) in [7, 11) is 0. The average Bonchev–Trinajstić information content (AvgIpc) is 2.41. The zero-order valence-electron chi connectivity index (χ0n) is 10.9. The van der Waals surface area contributed by atoms with E-state index in [0.29, 0.717) is 23.2 Å². The number of nitriles is 1. The molecule has 2 atom stereocenters. The number of hydrogen-bond donors (Lipinski definition) is 1. The third kappa shape index (κ3) is 3.02. The fourth-order valence-corrected chi connectivity index (χ4v) is 2.59. The number of nitro benzene ring substituents is 1. The number of anilines is 1. The molecule has 0 unspecified atom stereocenters. The number of nitrogens with one attached hydrogen (secondary N) is 1. The molecule has 0 radical (unpaired) electrons. The van der Waals surface area contributed by atoms with Crippen LogP contribution in [0.1, 0.15) is 38.2 Å². The Labute approximate surface area is 112 Å². The van der Waals surface area contributed by atoms with Gasteiger partial charge in [-0.3, -0.25) is 10.1 Å². The van der Waals surface area contributed by atoms with E-state index >= 15 is 0 Å². The second-order valence-corrected chi connectivity index (χ2v) is 5.11. The minimum Gasteiger partial charge on any atom is -0.381 e. The van der Waals surface area contributed by atoms with Crippen LogP contribution in [0.4, 0.5) is 11.4 Å². The molecule has 5 nitrogen and oxygen atoms in total. The predicted molar refractivity (Wildman–Crippen MR) is 72.9 cm³/mol. The molecule has 1 fully saturated rings. The SMILES string of the molecule is C[C@H]1CCCC[C@H]1Nc1ccc([N+](=O)[O-])cc1C#N. The van der Waals surface area contributed by atoms with Gasteiger partial charge < -0.3 is 5.32 Å². The second kappa shape index (κ2) is 5.70. The molecule has 1 aliphatic carbocycles. The molecule has 1 aliphatic rings. The van der Waals surface area contributed by atoms with Crippen molar-refractivity contribution in [3.63, 3.8) is 0 Å². The van der Waals surface area contributed by atoms with Gasteiger partial charge in [-0.15, -0.1) is 0 Å². The molecule has 0 heterocycles. The van der Waals surface area contributed by atoms with Gasteiger partial charge in [0.15, 0.2) is 0 Å². The Morgan fingerprint density at radius 3 is 2.79 bits per heavy atom. The van der Waals surface area contributed by atoms with Crippen molar-refractivity contribution in [3.05, 3.63) is 33.9 Å². The lowest BCUT2D eigenvalue weighted by molar-refractivity contribution is -0.384. The highest BCUT2D eigenvalue weighted by molar-refractivity contribution is 5.61. The van der Waals surface area contributed by atoms with Crippen LogP contribution in [0.5, 0.6) is 0 Å². The quantitative estimate of drug-likeness (QED) is 0.666. The fourth-order valence-electron chi connectivity index (χ4n) is 2.59. The Morgan fingerprint density at radius 1 is 1.42 bits per heavy atom. The standard InChI is InChI=1S/C14H17N3O2/c1-10-4-2-3-5-13(10)16-14-7-6-12(17(18)19)8-11(14)9-15/h6-8,10,13,16H,2-5H2,1H3/t10-,13+/m0/s1. The molecule has 1 saturated carbocycles. The van der Waals surface area contributed by atoms with Gasteiger partial charge in [-0.25, -0.2) is 0 Å². The molecule has 19 heavy (non-hydrogen) atoms. The molecule has 0 bridgehead atoms. The van der Waals surface area contributed by atoms with Gasteiger partial charge in [-0.2, -0.15) is 5.26 Å². The zero-order valence-corrected chi connectivity index (χ0v) is 10.9. The number of nitro groups is 1. The predicted octanol–water partition coefficient (Wildman–Crippen LogP) is 3.46. The minimum absolute atomic E-state index is 0.0428. The van der Waals surface area contributed by atoms with E-state index in [1.807, 2.05) is 6.07 Å². The van der Waals surface area contributed by atoms with Gasteiger partial charge in [0, 0.05) is 18.2 Å². The largest absolute Gasteiger partial charge is 0.381 e. The van der Waals surface area contributed by atoms with Gasteiger partial charge in [0.2, 0.25) is 0 Å². The van der Waals surface area contributed by atoms with Crippen molar-refractivity contribution >= 4 is 11.4 Å². The first kappa shape index (κ1) is 13.3. The molecular weight excluding hydrogens is 242 g/mol. The van der Waals surface area contributed by atoms with E-state index in [1.165, 1.54) is 31.4 Å². The van der Waals surface area contributed by atoms with Crippen LogP contribution in [0.25, 0.3) is 0 Å². The zero-order chi connectivity index (χ0) is 13.8. The summed E-state index contributed by atoms with van der Waals surface area (Å²) in [6, 6.07) is 6.78. The van der Waals surface area contributed by atoms with Crippen LogP contribution >= 0.6 is 0 Å². The van der Waals surface area contributed by atoms with E-state index in [1.54, 1.807) is 6.07 Å². The van der Waals surface area contributed by atoms with Crippen molar-refractivity contribution in [1.29, 1.82) is 5.26 Å². The highest BCUT2D eigenvalue weighted by Gasteiger charge is 2.22. The third-order valence-corrected chi connectivity index (χ3v) is 3.79. The number of benzene rings is 1. The van der Waals surface area contributed by atoms with E-state index in [9.17, 15) is 10.1 Å². The Balaban J connectivity index is 2.20. The van der Waals surface area contributed by atoms with E-state index in [-0.39, 0.29) is 5.69 Å². The highest BCUT2D eigenvalue weighted by Crippen LogP contribution is 2.29. The summed E-state index contributed by atoms with van der Waals surface area (Å²) in [6.45, 7) is 2.20. The minimum atomic E-state index is -0.478. The lowest BCUT2D eigenvalue weighted by atomic mass is 9.85. The molecule has 1 N–H and O–H groups in total. The Kier molecular flexibility index (Phi) is 4.00. The average molecular weight is 259 g/mol. The van der Waals surface area contributed by atoms with Crippen molar-refractivity contribution in [2.45, 2.75) is 38.6 Å². The fraction of sp³-hybridized carbons (Fsp3) is 0.500. The van der Waals surface area contributed by atoms with Gasteiger partial charge >= 0.3 is 0 Å². The number of hydrogen-bond acceptors (Lipinski definition) is 4. The van der Waals surface area contributed by atoms with Crippen LogP contribution < -0.4 is 5.32 Å². The van der Waals surface area contributed by atoms with Crippen molar-refractivity contribution in [3.8, 4) is 6.07 Å². The molecule has 0 spiro atoms. The maximum absolute atomic E-state index is 10.7. The summed E-state index contributed by atoms with van der Waals surface area (Å²) in [5, 5.41) is 23.2. The van der Waals surface area contributed by atoms with Crippen molar-refractivity contribution < 1.29 is 4.92 Å². The first-order valence-electron chi connectivity index (χ1n) is 6.57.